The Balaban J connectivity index is 0.000000228. The predicted molar refractivity (Wildman–Crippen MR) is 101 cm³/mol. The van der Waals surface area contributed by atoms with Crippen LogP contribution in [-0.2, 0) is 6.42 Å². The van der Waals surface area contributed by atoms with Crippen LogP contribution in [0.3, 0.4) is 0 Å². The molecule has 146 valence electrons. The van der Waals surface area contributed by atoms with E-state index >= 15 is 0 Å². The largest absolute Gasteiger partial charge is 0.478 e. The summed E-state index contributed by atoms with van der Waals surface area (Å²) in [5.74, 6) is -1.94. The second-order valence-corrected chi connectivity index (χ2v) is 5.59. The van der Waals surface area contributed by atoms with Gasteiger partial charge in [-0.25, -0.2) is 9.59 Å². The summed E-state index contributed by atoms with van der Waals surface area (Å²) >= 11 is 0. The van der Waals surface area contributed by atoms with Gasteiger partial charge in [-0.15, -0.1) is 0 Å². The topological polar surface area (TPSA) is 135 Å². The van der Waals surface area contributed by atoms with Crippen molar-refractivity contribution < 1.29 is 29.5 Å². The Morgan fingerprint density at radius 1 is 1.00 bits per heavy atom. The molecule has 2 aromatic rings. The van der Waals surface area contributed by atoms with Crippen molar-refractivity contribution >= 4 is 17.7 Å². The number of hydrogen-bond acceptors (Lipinski definition) is 5. The van der Waals surface area contributed by atoms with Crippen molar-refractivity contribution in [3.05, 3.63) is 93.7 Å². The van der Waals surface area contributed by atoms with Gasteiger partial charge in [-0.1, -0.05) is 30.3 Å². The number of nitro groups is 1. The molecule has 0 amide bonds. The molecule has 1 aliphatic rings. The summed E-state index contributed by atoms with van der Waals surface area (Å²) in [6, 6.07) is 13.1. The van der Waals surface area contributed by atoms with Crippen LogP contribution >= 0.6 is 0 Å². The molecule has 28 heavy (non-hydrogen) atoms. The number of fused-ring (bicyclic) bond motifs is 1. The summed E-state index contributed by atoms with van der Waals surface area (Å²) in [5, 5.41) is 26.1. The Kier molecular flexibility index (Phi) is 8.75. The van der Waals surface area contributed by atoms with Crippen molar-refractivity contribution in [2.24, 2.45) is 0 Å². The predicted octanol–water partition coefficient (Wildman–Crippen LogP) is 3.70. The Hall–Kier alpha value is -3.81. The van der Waals surface area contributed by atoms with E-state index in [0.29, 0.717) is 12.0 Å². The van der Waals surface area contributed by atoms with Crippen LogP contribution in [-0.4, -0.2) is 32.9 Å². The quantitative estimate of drug-likeness (QED) is 0.607. The second-order valence-electron chi connectivity index (χ2n) is 5.59. The average Bonchev–Trinajstić information content (AvgIpc) is 2.69. The highest BCUT2D eigenvalue weighted by molar-refractivity contribution is 5.98. The third-order valence-electron chi connectivity index (χ3n) is 3.67. The van der Waals surface area contributed by atoms with Gasteiger partial charge in [-0.2, -0.15) is 0 Å². The van der Waals surface area contributed by atoms with E-state index in [1.54, 1.807) is 0 Å². The van der Waals surface area contributed by atoms with Crippen LogP contribution in [0.15, 0.2) is 61.3 Å². The number of Topliss-reactive ketones (excluding diaryl/α,β-unsaturated/α-hetero) is 1. The molecule has 0 fully saturated rings. The summed E-state index contributed by atoms with van der Waals surface area (Å²) in [7, 11) is 0. The third kappa shape index (κ3) is 7.20. The molecule has 2 aromatic carbocycles. The van der Waals surface area contributed by atoms with Crippen molar-refractivity contribution in [2.45, 2.75) is 19.3 Å². The number of rotatable bonds is 3. The first-order valence-electron chi connectivity index (χ1n) is 8.20. The average molecular weight is 385 g/mol. The number of nitrogens with zero attached hydrogens (tertiary/aromatic N) is 1. The van der Waals surface area contributed by atoms with Gasteiger partial charge in [0, 0.05) is 12.0 Å². The van der Waals surface area contributed by atoms with Crippen LogP contribution in [0, 0.1) is 10.1 Å². The molecule has 0 spiro atoms. The molecule has 3 rings (SSSR count). The molecule has 1 aliphatic carbocycles. The SMILES string of the molecule is C=C[N+](=O)[O-].O=C(O)c1cccc(C(=O)O)c1.O=C1CCCc2ccccc21. The minimum atomic E-state index is -1.13. The first-order valence-corrected chi connectivity index (χ1v) is 8.20. The van der Waals surface area contributed by atoms with Crippen LogP contribution in [0.5, 0.6) is 0 Å². The van der Waals surface area contributed by atoms with Gasteiger partial charge in [0.2, 0.25) is 6.20 Å². The number of carboxylic acid groups (broad SMARTS) is 2. The number of hydrogen-bond donors (Lipinski definition) is 2. The number of carboxylic acids is 2. The van der Waals surface area contributed by atoms with E-state index in [-0.39, 0.29) is 11.1 Å². The van der Waals surface area contributed by atoms with Gasteiger partial charge in [0.25, 0.3) is 0 Å². The van der Waals surface area contributed by atoms with Gasteiger partial charge in [-0.3, -0.25) is 14.9 Å². The lowest BCUT2D eigenvalue weighted by molar-refractivity contribution is -0.401. The maximum absolute atomic E-state index is 11.3. The third-order valence-corrected chi connectivity index (χ3v) is 3.67. The van der Waals surface area contributed by atoms with Gasteiger partial charge in [0.15, 0.2) is 5.78 Å². The molecule has 0 unspecified atom stereocenters. The maximum Gasteiger partial charge on any atom is 0.335 e. The van der Waals surface area contributed by atoms with Crippen molar-refractivity contribution in [1.82, 2.24) is 0 Å². The number of benzene rings is 2. The Bertz CT molecular complexity index is 860. The Morgan fingerprint density at radius 3 is 2.00 bits per heavy atom. The standard InChI is InChI=1S/C10H10O.C8H6O4.C2H3NO2/c11-10-7-3-5-8-4-1-2-6-9(8)10;9-7(10)5-2-1-3-6(4-5)8(11)12;1-2-3(4)5/h1-2,4,6H,3,5,7H2;1-4H,(H,9,10)(H,11,12);2H,1H2. The first kappa shape index (κ1) is 22.2. The Morgan fingerprint density at radius 2 is 1.54 bits per heavy atom. The van der Waals surface area contributed by atoms with Crippen LogP contribution in [0.25, 0.3) is 0 Å². The zero-order chi connectivity index (χ0) is 21.1. The Labute approximate surface area is 160 Å². The normalized spacial score (nSPS) is 11.5. The molecule has 0 atom stereocenters. The molecule has 8 nitrogen and oxygen atoms in total. The zero-order valence-electron chi connectivity index (χ0n) is 14.9. The summed E-state index contributed by atoms with van der Waals surface area (Å²) in [5.41, 5.74) is 2.13. The van der Waals surface area contributed by atoms with Crippen LogP contribution < -0.4 is 0 Å². The van der Waals surface area contributed by atoms with Crippen molar-refractivity contribution in [2.75, 3.05) is 0 Å². The number of carbonyl (C=O) groups is 3. The fourth-order valence-electron chi connectivity index (χ4n) is 2.37. The van der Waals surface area contributed by atoms with E-state index < -0.39 is 16.9 Å². The summed E-state index contributed by atoms with van der Waals surface area (Å²) in [6.07, 6.45) is 3.47. The van der Waals surface area contributed by atoms with Gasteiger partial charge < -0.3 is 10.2 Å². The molecule has 2 N–H and O–H groups in total. The van der Waals surface area contributed by atoms with E-state index in [4.69, 9.17) is 20.3 Å². The molecule has 0 aliphatic heterocycles. The van der Waals surface area contributed by atoms with E-state index in [9.17, 15) is 14.4 Å². The molecular weight excluding hydrogens is 366 g/mol. The lowest BCUT2D eigenvalue weighted by Crippen LogP contribution is -2.09. The fourth-order valence-corrected chi connectivity index (χ4v) is 2.37. The maximum atomic E-state index is 11.3. The molecule has 0 saturated heterocycles. The number of aryl methyl sites for hydroxylation is 1. The molecular formula is C20H19NO7. The molecule has 0 bridgehead atoms. The van der Waals surface area contributed by atoms with Gasteiger partial charge in [-0.05, 0) is 43.2 Å². The highest BCUT2D eigenvalue weighted by atomic mass is 16.6. The van der Waals surface area contributed by atoms with Crippen LogP contribution in [0.4, 0.5) is 0 Å². The van der Waals surface area contributed by atoms with Gasteiger partial charge >= 0.3 is 11.9 Å². The van der Waals surface area contributed by atoms with E-state index in [2.05, 4.69) is 6.58 Å². The molecule has 0 saturated carbocycles. The number of ketones is 1. The zero-order valence-corrected chi connectivity index (χ0v) is 14.9. The van der Waals surface area contributed by atoms with Gasteiger partial charge in [0.05, 0.1) is 16.1 Å². The lowest BCUT2D eigenvalue weighted by Gasteiger charge is -2.12. The minimum absolute atomic E-state index is 0.0186. The summed E-state index contributed by atoms with van der Waals surface area (Å²) < 4.78 is 0. The summed E-state index contributed by atoms with van der Waals surface area (Å²) in [6.45, 7) is 2.86. The molecule has 0 radical (unpaired) electrons. The van der Waals surface area contributed by atoms with Gasteiger partial charge in [0.1, 0.15) is 0 Å². The van der Waals surface area contributed by atoms with Crippen molar-refractivity contribution in [3.8, 4) is 0 Å². The van der Waals surface area contributed by atoms with Crippen molar-refractivity contribution in [3.63, 3.8) is 0 Å². The molecule has 0 aromatic heterocycles. The highest BCUT2D eigenvalue weighted by Gasteiger charge is 2.15. The number of carbonyl (C=O) groups excluding carboxylic acids is 1. The molecule has 0 heterocycles. The molecule has 8 heteroatoms. The van der Waals surface area contributed by atoms with E-state index in [1.807, 2.05) is 24.3 Å². The van der Waals surface area contributed by atoms with E-state index in [1.165, 1.54) is 23.8 Å². The second kappa shape index (κ2) is 11.0. The monoisotopic (exact) mass is 385 g/mol. The summed E-state index contributed by atoms with van der Waals surface area (Å²) in [4.78, 5) is 40.5. The van der Waals surface area contributed by atoms with Crippen LogP contribution in [0.1, 0.15) is 49.5 Å². The first-order chi connectivity index (χ1) is 13.3. The number of aromatic carboxylic acids is 2. The fraction of sp³-hybridized carbons (Fsp3) is 0.150. The van der Waals surface area contributed by atoms with Crippen molar-refractivity contribution in [1.29, 1.82) is 0 Å². The lowest BCUT2D eigenvalue weighted by atomic mass is 9.91. The van der Waals surface area contributed by atoms with Crippen LogP contribution in [0.2, 0.25) is 0 Å². The smallest absolute Gasteiger partial charge is 0.335 e. The minimum Gasteiger partial charge on any atom is -0.478 e. The van der Waals surface area contributed by atoms with E-state index in [0.717, 1.165) is 30.9 Å². The highest BCUT2D eigenvalue weighted by Crippen LogP contribution is 2.19.